The number of methoxy groups -OCH3 is 1. The molecule has 0 atom stereocenters. The van der Waals surface area contributed by atoms with Gasteiger partial charge in [-0.3, -0.25) is 4.79 Å². The maximum atomic E-state index is 12.4. The Morgan fingerprint density at radius 3 is 2.31 bits per heavy atom. The van der Waals surface area contributed by atoms with Gasteiger partial charge in [0.05, 0.1) is 12.8 Å². The molecule has 2 aromatic heterocycles. The SMILES string of the molecule is COC(=O)c1sc(NC(=O)CCc2nc(-c3ccccc3)c(-c3ccccc3)o2)nc1C. The highest BCUT2D eigenvalue weighted by atomic mass is 32.1. The normalized spacial score (nSPS) is 10.7. The number of hydrogen-bond acceptors (Lipinski definition) is 7. The number of nitrogens with zero attached hydrogens (tertiary/aromatic N) is 2. The number of esters is 1. The van der Waals surface area contributed by atoms with E-state index in [1.807, 2.05) is 60.7 Å². The number of oxazole rings is 1. The molecular weight excluding hydrogens is 426 g/mol. The van der Waals surface area contributed by atoms with Gasteiger partial charge in [-0.2, -0.15) is 0 Å². The van der Waals surface area contributed by atoms with Crippen molar-refractivity contribution in [2.45, 2.75) is 19.8 Å². The summed E-state index contributed by atoms with van der Waals surface area (Å²) in [5.74, 6) is 0.437. The van der Waals surface area contributed by atoms with Crippen LogP contribution in [0.2, 0.25) is 0 Å². The van der Waals surface area contributed by atoms with Gasteiger partial charge in [-0.05, 0) is 6.92 Å². The number of rotatable bonds is 7. The molecule has 0 radical (unpaired) electrons. The lowest BCUT2D eigenvalue weighted by Crippen LogP contribution is -2.12. The van der Waals surface area contributed by atoms with Crippen LogP contribution in [0.25, 0.3) is 22.6 Å². The minimum atomic E-state index is -0.470. The number of ether oxygens (including phenoxy) is 1. The van der Waals surface area contributed by atoms with E-state index in [-0.39, 0.29) is 12.3 Å². The zero-order chi connectivity index (χ0) is 22.5. The fourth-order valence-electron chi connectivity index (χ4n) is 3.18. The molecule has 0 aliphatic rings. The number of nitrogens with one attached hydrogen (secondary N) is 1. The molecule has 0 fully saturated rings. The van der Waals surface area contributed by atoms with E-state index in [0.717, 1.165) is 28.2 Å². The first-order valence-electron chi connectivity index (χ1n) is 10.0. The van der Waals surface area contributed by atoms with Crippen LogP contribution in [0.5, 0.6) is 0 Å². The van der Waals surface area contributed by atoms with E-state index in [1.165, 1.54) is 7.11 Å². The van der Waals surface area contributed by atoms with Gasteiger partial charge in [0.15, 0.2) is 16.8 Å². The molecule has 162 valence electrons. The Balaban J connectivity index is 1.49. The van der Waals surface area contributed by atoms with Crippen molar-refractivity contribution < 1.29 is 18.7 Å². The summed E-state index contributed by atoms with van der Waals surface area (Å²) < 4.78 is 10.8. The predicted molar refractivity (Wildman–Crippen MR) is 123 cm³/mol. The topological polar surface area (TPSA) is 94.3 Å². The maximum Gasteiger partial charge on any atom is 0.350 e. The summed E-state index contributed by atoms with van der Waals surface area (Å²) in [4.78, 5) is 33.4. The Kier molecular flexibility index (Phi) is 6.42. The zero-order valence-electron chi connectivity index (χ0n) is 17.6. The summed E-state index contributed by atoms with van der Waals surface area (Å²) in [7, 11) is 1.31. The number of amides is 1. The van der Waals surface area contributed by atoms with E-state index >= 15 is 0 Å². The number of carbonyl (C=O) groups is 2. The Morgan fingerprint density at radius 1 is 1.00 bits per heavy atom. The molecule has 32 heavy (non-hydrogen) atoms. The Bertz CT molecular complexity index is 1180. The first-order valence-corrected chi connectivity index (χ1v) is 10.8. The molecule has 0 aliphatic carbocycles. The van der Waals surface area contributed by atoms with Crippen LogP contribution in [0.3, 0.4) is 0 Å². The third-order valence-corrected chi connectivity index (χ3v) is 5.79. The number of aryl methyl sites for hydroxylation is 2. The van der Waals surface area contributed by atoms with Gasteiger partial charge < -0.3 is 14.5 Å². The molecule has 1 N–H and O–H groups in total. The van der Waals surface area contributed by atoms with Crippen LogP contribution in [-0.4, -0.2) is 29.0 Å². The highest BCUT2D eigenvalue weighted by Gasteiger charge is 2.19. The smallest absolute Gasteiger partial charge is 0.350 e. The average Bonchev–Trinajstić information content (AvgIpc) is 3.42. The van der Waals surface area contributed by atoms with Gasteiger partial charge in [-0.15, -0.1) is 0 Å². The summed E-state index contributed by atoms with van der Waals surface area (Å²) >= 11 is 1.09. The Labute approximate surface area is 189 Å². The molecule has 0 bridgehead atoms. The molecular formula is C24H21N3O4S. The fraction of sp³-hybridized carbons (Fsp3) is 0.167. The first kappa shape index (κ1) is 21.5. The molecule has 0 spiro atoms. The molecule has 4 rings (SSSR count). The lowest BCUT2D eigenvalue weighted by atomic mass is 10.1. The molecule has 4 aromatic rings. The number of carbonyl (C=O) groups excluding carboxylic acids is 2. The van der Waals surface area contributed by atoms with E-state index in [1.54, 1.807) is 6.92 Å². The highest BCUT2D eigenvalue weighted by molar-refractivity contribution is 7.17. The highest BCUT2D eigenvalue weighted by Crippen LogP contribution is 2.33. The van der Waals surface area contributed by atoms with Crippen LogP contribution in [0.1, 0.15) is 27.7 Å². The van der Waals surface area contributed by atoms with Gasteiger partial charge in [0.1, 0.15) is 10.6 Å². The summed E-state index contributed by atoms with van der Waals surface area (Å²) in [6.07, 6.45) is 0.488. The summed E-state index contributed by atoms with van der Waals surface area (Å²) in [5, 5.41) is 3.09. The van der Waals surface area contributed by atoms with E-state index < -0.39 is 5.97 Å². The quantitative estimate of drug-likeness (QED) is 0.395. The van der Waals surface area contributed by atoms with Crippen molar-refractivity contribution in [1.82, 2.24) is 9.97 Å². The maximum absolute atomic E-state index is 12.4. The van der Waals surface area contributed by atoms with E-state index in [0.29, 0.717) is 33.8 Å². The van der Waals surface area contributed by atoms with Crippen molar-refractivity contribution in [2.24, 2.45) is 0 Å². The first-order chi connectivity index (χ1) is 15.5. The fourth-order valence-corrected chi connectivity index (χ4v) is 4.08. The van der Waals surface area contributed by atoms with Crippen molar-refractivity contribution in [3.05, 3.63) is 77.1 Å². The van der Waals surface area contributed by atoms with Gasteiger partial charge >= 0.3 is 5.97 Å². The number of anilines is 1. The molecule has 2 heterocycles. The molecule has 0 saturated carbocycles. The van der Waals surface area contributed by atoms with Crippen LogP contribution < -0.4 is 5.32 Å². The summed E-state index contributed by atoms with van der Waals surface area (Å²) in [5.41, 5.74) is 3.12. The monoisotopic (exact) mass is 447 g/mol. The van der Waals surface area contributed by atoms with Crippen molar-refractivity contribution >= 4 is 28.3 Å². The number of benzene rings is 2. The van der Waals surface area contributed by atoms with Crippen LogP contribution >= 0.6 is 11.3 Å². The standard InChI is InChI=1S/C24H21N3O4S/c1-15-22(23(29)30-2)32-24(25-15)26-18(28)13-14-19-27-20(16-9-5-3-6-10-16)21(31-19)17-11-7-4-8-12-17/h3-12H,13-14H2,1-2H3,(H,25,26,28). The van der Waals surface area contributed by atoms with E-state index in [4.69, 9.17) is 9.15 Å². The third kappa shape index (κ3) is 4.76. The molecule has 0 saturated heterocycles. The zero-order valence-corrected chi connectivity index (χ0v) is 18.4. The molecule has 2 aromatic carbocycles. The van der Waals surface area contributed by atoms with Gasteiger partial charge in [-0.1, -0.05) is 72.0 Å². The number of hydrogen-bond donors (Lipinski definition) is 1. The van der Waals surface area contributed by atoms with Crippen molar-refractivity contribution in [3.8, 4) is 22.6 Å². The molecule has 0 unspecified atom stereocenters. The van der Waals surface area contributed by atoms with E-state index in [2.05, 4.69) is 15.3 Å². The number of thiazole rings is 1. The van der Waals surface area contributed by atoms with Crippen LogP contribution in [0.15, 0.2) is 65.1 Å². The Hall–Kier alpha value is -3.78. The minimum absolute atomic E-state index is 0.162. The second-order valence-electron chi connectivity index (χ2n) is 6.99. The van der Waals surface area contributed by atoms with Gasteiger partial charge in [0, 0.05) is 24.0 Å². The summed E-state index contributed by atoms with van der Waals surface area (Å²) in [6, 6.07) is 19.6. The summed E-state index contributed by atoms with van der Waals surface area (Å²) in [6.45, 7) is 1.70. The number of aromatic nitrogens is 2. The van der Waals surface area contributed by atoms with Crippen molar-refractivity contribution in [3.63, 3.8) is 0 Å². The Morgan fingerprint density at radius 2 is 1.66 bits per heavy atom. The second-order valence-corrected chi connectivity index (χ2v) is 7.99. The molecule has 7 nitrogen and oxygen atoms in total. The molecule has 0 aliphatic heterocycles. The predicted octanol–water partition coefficient (Wildman–Crippen LogP) is 5.13. The minimum Gasteiger partial charge on any atom is -0.465 e. The molecule has 8 heteroatoms. The van der Waals surface area contributed by atoms with Crippen molar-refractivity contribution in [1.29, 1.82) is 0 Å². The largest absolute Gasteiger partial charge is 0.465 e. The average molecular weight is 448 g/mol. The third-order valence-electron chi connectivity index (χ3n) is 4.73. The van der Waals surface area contributed by atoms with Crippen molar-refractivity contribution in [2.75, 3.05) is 12.4 Å². The van der Waals surface area contributed by atoms with Gasteiger partial charge in [-0.25, -0.2) is 14.8 Å². The second kappa shape index (κ2) is 9.57. The van der Waals surface area contributed by atoms with Gasteiger partial charge in [0.2, 0.25) is 5.91 Å². The molecule has 1 amide bonds. The van der Waals surface area contributed by atoms with Crippen LogP contribution in [0, 0.1) is 6.92 Å². The van der Waals surface area contributed by atoms with Crippen LogP contribution in [-0.2, 0) is 16.0 Å². The van der Waals surface area contributed by atoms with Crippen LogP contribution in [0.4, 0.5) is 5.13 Å². The van der Waals surface area contributed by atoms with E-state index in [9.17, 15) is 9.59 Å². The lowest BCUT2D eigenvalue weighted by molar-refractivity contribution is -0.116. The van der Waals surface area contributed by atoms with Gasteiger partial charge in [0.25, 0.3) is 0 Å². The lowest BCUT2D eigenvalue weighted by Gasteiger charge is -2.01.